The number of esters is 1. The fourth-order valence-corrected chi connectivity index (χ4v) is 4.50. The van der Waals surface area contributed by atoms with Crippen LogP contribution in [0.4, 0.5) is 0 Å². The van der Waals surface area contributed by atoms with E-state index in [1.54, 1.807) is 0 Å². The number of hydrogen-bond donors (Lipinski definition) is 1. The molecule has 0 fully saturated rings. The van der Waals surface area contributed by atoms with Crippen LogP contribution in [0.2, 0.25) is 0 Å². The maximum Gasteiger partial charge on any atom is 0.307 e. The highest BCUT2D eigenvalue weighted by Crippen LogP contribution is 2.32. The average Bonchev–Trinajstić information content (AvgIpc) is 2.94. The number of carbonyl (C=O) groups excluding carboxylic acids is 2. The number of hydrogen-bond acceptors (Lipinski definition) is 4. The Balaban J connectivity index is 1.72. The number of aryl methyl sites for hydroxylation is 2. The lowest BCUT2D eigenvalue weighted by molar-refractivity contribution is -0.140. The molecule has 0 aliphatic heterocycles. The molecule has 0 aliphatic carbocycles. The molecule has 202 valence electrons. The minimum Gasteiger partial charge on any atom is -0.486 e. The molecule has 0 bridgehead atoms. The molecule has 5 nitrogen and oxygen atoms in total. The van der Waals surface area contributed by atoms with Gasteiger partial charge in [0.25, 0.3) is 5.91 Å². The molecule has 0 aliphatic rings. The van der Waals surface area contributed by atoms with Crippen molar-refractivity contribution in [3.05, 3.63) is 89.0 Å². The highest BCUT2D eigenvalue weighted by atomic mass is 16.5. The molecule has 3 aromatic rings. The number of carbonyl (C=O) groups is 2. The second kappa shape index (κ2) is 15.0. The van der Waals surface area contributed by atoms with Crippen molar-refractivity contribution in [1.82, 2.24) is 5.32 Å². The summed E-state index contributed by atoms with van der Waals surface area (Å²) in [5.41, 5.74) is 6.53. The standard InChI is InChI=1S/C33H41NO4/c1-5-7-8-9-10-31(27-15-17-28(18-16-27)33(36)34-22-21-32(35)37-4)38-29-19-20-30(24(3)23-29)26-13-11-25(6-2)12-14-26/h11-20,23,31H,5-10,21-22H2,1-4H3,(H,34,36). The summed E-state index contributed by atoms with van der Waals surface area (Å²) in [7, 11) is 1.34. The SMILES string of the molecule is CCCCCCC(Oc1ccc(-c2ccc(CC)cc2)c(C)c1)c1ccc(C(=O)NCCC(=O)OC)cc1. The first kappa shape index (κ1) is 29.0. The molecule has 1 atom stereocenters. The molecule has 0 radical (unpaired) electrons. The van der Waals surface area contributed by atoms with E-state index in [9.17, 15) is 9.59 Å². The number of nitrogens with one attached hydrogen (secondary N) is 1. The summed E-state index contributed by atoms with van der Waals surface area (Å²) in [6.45, 7) is 6.75. The zero-order chi connectivity index (χ0) is 27.3. The van der Waals surface area contributed by atoms with Crippen molar-refractivity contribution in [2.24, 2.45) is 0 Å². The maximum atomic E-state index is 12.5. The van der Waals surface area contributed by atoms with Crippen LogP contribution in [0.15, 0.2) is 66.7 Å². The molecule has 5 heteroatoms. The largest absolute Gasteiger partial charge is 0.486 e. The molecule has 0 saturated carbocycles. The highest BCUT2D eigenvalue weighted by molar-refractivity contribution is 5.94. The topological polar surface area (TPSA) is 64.6 Å². The molecule has 3 aromatic carbocycles. The lowest BCUT2D eigenvalue weighted by Gasteiger charge is -2.21. The van der Waals surface area contributed by atoms with E-state index < -0.39 is 0 Å². The summed E-state index contributed by atoms with van der Waals surface area (Å²) >= 11 is 0. The number of rotatable bonds is 14. The molecule has 0 aromatic heterocycles. The molecule has 1 unspecified atom stereocenters. The molecule has 0 spiro atoms. The van der Waals surface area contributed by atoms with E-state index in [0.717, 1.165) is 30.6 Å². The van der Waals surface area contributed by atoms with Crippen molar-refractivity contribution in [2.75, 3.05) is 13.7 Å². The molecule has 38 heavy (non-hydrogen) atoms. The Morgan fingerprint density at radius 3 is 2.26 bits per heavy atom. The van der Waals surface area contributed by atoms with E-state index in [-0.39, 0.29) is 30.9 Å². The van der Waals surface area contributed by atoms with Crippen LogP contribution in [0.1, 0.15) is 85.5 Å². The normalized spacial score (nSPS) is 11.6. The zero-order valence-electron chi connectivity index (χ0n) is 23.2. The summed E-state index contributed by atoms with van der Waals surface area (Å²) in [6, 6.07) is 22.6. The van der Waals surface area contributed by atoms with Gasteiger partial charge in [-0.1, -0.05) is 75.6 Å². The van der Waals surface area contributed by atoms with Gasteiger partial charge in [0.2, 0.25) is 0 Å². The van der Waals surface area contributed by atoms with Crippen molar-refractivity contribution >= 4 is 11.9 Å². The maximum absolute atomic E-state index is 12.5. The first-order valence-electron chi connectivity index (χ1n) is 13.8. The molecule has 1 N–H and O–H groups in total. The van der Waals surface area contributed by atoms with Crippen LogP contribution in [0.5, 0.6) is 5.75 Å². The first-order chi connectivity index (χ1) is 18.4. The van der Waals surface area contributed by atoms with E-state index in [4.69, 9.17) is 4.74 Å². The number of amides is 1. The molecular weight excluding hydrogens is 474 g/mol. The van der Waals surface area contributed by atoms with Gasteiger partial charge in [-0.25, -0.2) is 0 Å². The third-order valence-electron chi connectivity index (χ3n) is 6.86. The number of methoxy groups -OCH3 is 1. The first-order valence-corrected chi connectivity index (χ1v) is 13.8. The quantitative estimate of drug-likeness (QED) is 0.177. The Morgan fingerprint density at radius 2 is 1.63 bits per heavy atom. The zero-order valence-corrected chi connectivity index (χ0v) is 23.2. The van der Waals surface area contributed by atoms with E-state index in [0.29, 0.717) is 5.56 Å². The van der Waals surface area contributed by atoms with E-state index in [1.165, 1.54) is 48.6 Å². The molecule has 0 heterocycles. The van der Waals surface area contributed by atoms with Gasteiger partial charge in [-0.15, -0.1) is 0 Å². The van der Waals surface area contributed by atoms with Crippen LogP contribution in [-0.4, -0.2) is 25.5 Å². The Hall–Kier alpha value is -3.60. The molecular formula is C33H41NO4. The fraction of sp³-hybridized carbons (Fsp3) is 0.394. The van der Waals surface area contributed by atoms with Crippen molar-refractivity contribution in [3.63, 3.8) is 0 Å². The van der Waals surface area contributed by atoms with Gasteiger partial charge in [0.05, 0.1) is 13.5 Å². The van der Waals surface area contributed by atoms with E-state index in [1.807, 2.05) is 24.3 Å². The molecule has 1 amide bonds. The third-order valence-corrected chi connectivity index (χ3v) is 6.86. The van der Waals surface area contributed by atoms with Gasteiger partial charge >= 0.3 is 5.97 Å². The summed E-state index contributed by atoms with van der Waals surface area (Å²) < 4.78 is 11.2. The van der Waals surface area contributed by atoms with Crippen molar-refractivity contribution in [2.45, 2.75) is 71.8 Å². The second-order valence-electron chi connectivity index (χ2n) is 9.69. The van der Waals surface area contributed by atoms with Crippen LogP contribution < -0.4 is 10.1 Å². The highest BCUT2D eigenvalue weighted by Gasteiger charge is 2.16. The summed E-state index contributed by atoms with van der Waals surface area (Å²) in [5, 5.41) is 2.76. The predicted molar refractivity (Wildman–Crippen MR) is 154 cm³/mol. The number of ether oxygens (including phenoxy) is 2. The van der Waals surface area contributed by atoms with E-state index in [2.05, 4.69) is 73.3 Å². The third kappa shape index (κ3) is 8.47. The van der Waals surface area contributed by atoms with Gasteiger partial charge in [0, 0.05) is 12.1 Å². The Morgan fingerprint density at radius 1 is 0.895 bits per heavy atom. The van der Waals surface area contributed by atoms with Gasteiger partial charge in [-0.3, -0.25) is 9.59 Å². The Kier molecular flexibility index (Phi) is 11.4. The van der Waals surface area contributed by atoms with Crippen molar-refractivity contribution in [1.29, 1.82) is 0 Å². The van der Waals surface area contributed by atoms with Gasteiger partial charge < -0.3 is 14.8 Å². The Labute approximate surface area is 227 Å². The van der Waals surface area contributed by atoms with Crippen LogP contribution >= 0.6 is 0 Å². The summed E-state index contributed by atoms with van der Waals surface area (Å²) in [4.78, 5) is 23.7. The fourth-order valence-electron chi connectivity index (χ4n) is 4.50. The number of unbranched alkanes of at least 4 members (excludes halogenated alkanes) is 3. The lowest BCUT2D eigenvalue weighted by atomic mass is 9.98. The van der Waals surface area contributed by atoms with Gasteiger partial charge in [0.15, 0.2) is 0 Å². The average molecular weight is 516 g/mol. The second-order valence-corrected chi connectivity index (χ2v) is 9.69. The summed E-state index contributed by atoms with van der Waals surface area (Å²) in [5.74, 6) is 0.294. The summed E-state index contributed by atoms with van der Waals surface area (Å²) in [6.07, 6.45) is 6.63. The number of benzene rings is 3. The minimum atomic E-state index is -0.346. The molecule has 3 rings (SSSR count). The predicted octanol–water partition coefficient (Wildman–Crippen LogP) is 7.61. The van der Waals surface area contributed by atoms with Gasteiger partial charge in [-0.2, -0.15) is 0 Å². The lowest BCUT2D eigenvalue weighted by Crippen LogP contribution is -2.26. The van der Waals surface area contributed by atoms with Crippen molar-refractivity contribution in [3.8, 4) is 16.9 Å². The van der Waals surface area contributed by atoms with Crippen LogP contribution in [-0.2, 0) is 16.0 Å². The van der Waals surface area contributed by atoms with Crippen LogP contribution in [0.3, 0.4) is 0 Å². The monoisotopic (exact) mass is 515 g/mol. The van der Waals surface area contributed by atoms with E-state index >= 15 is 0 Å². The van der Waals surface area contributed by atoms with Crippen LogP contribution in [0.25, 0.3) is 11.1 Å². The minimum absolute atomic E-state index is 0.0996. The molecule has 0 saturated heterocycles. The Bertz CT molecular complexity index is 1170. The van der Waals surface area contributed by atoms with Gasteiger partial charge in [-0.05, 0) is 78.3 Å². The van der Waals surface area contributed by atoms with Gasteiger partial charge in [0.1, 0.15) is 11.9 Å². The van der Waals surface area contributed by atoms with Crippen LogP contribution in [0, 0.1) is 6.92 Å². The van der Waals surface area contributed by atoms with Crippen molar-refractivity contribution < 1.29 is 19.1 Å². The smallest absolute Gasteiger partial charge is 0.307 e.